The minimum Gasteiger partial charge on any atom is -0.383 e. The standard InChI is InChI=1S/C26H23F6N7O/c1-37-14-21(22-17(15-4-6-34-7-5-15)13-19(23(33)36-22)26(30,31)32)39(24(37)40)16-2-3-20(18(12-16)25(27,28)29)38-10-8-35-9-11-38/h2-7,12-14,35H,8-11H2,1H3,(H2,33,36). The zero-order valence-electron chi connectivity index (χ0n) is 21.0. The summed E-state index contributed by atoms with van der Waals surface area (Å²) in [7, 11) is 1.38. The fourth-order valence-electron chi connectivity index (χ4n) is 4.75. The van der Waals surface area contributed by atoms with Gasteiger partial charge in [0.1, 0.15) is 5.82 Å². The molecule has 4 aromatic rings. The number of hydrogen-bond acceptors (Lipinski definition) is 6. The van der Waals surface area contributed by atoms with Crippen LogP contribution >= 0.6 is 0 Å². The molecule has 4 heterocycles. The van der Waals surface area contributed by atoms with E-state index in [-0.39, 0.29) is 33.9 Å². The maximum absolute atomic E-state index is 14.2. The van der Waals surface area contributed by atoms with Crippen LogP contribution in [0.5, 0.6) is 0 Å². The first-order valence-corrected chi connectivity index (χ1v) is 12.1. The summed E-state index contributed by atoms with van der Waals surface area (Å²) in [5, 5.41) is 3.09. The molecule has 40 heavy (non-hydrogen) atoms. The summed E-state index contributed by atoms with van der Waals surface area (Å²) >= 11 is 0. The third-order valence-corrected chi connectivity index (χ3v) is 6.64. The number of nitrogens with one attached hydrogen (secondary N) is 1. The number of rotatable bonds is 4. The number of benzene rings is 1. The number of nitrogens with zero attached hydrogens (tertiary/aromatic N) is 5. The maximum Gasteiger partial charge on any atom is 0.419 e. The molecular weight excluding hydrogens is 540 g/mol. The van der Waals surface area contributed by atoms with Crippen molar-refractivity contribution in [3.05, 3.63) is 76.6 Å². The van der Waals surface area contributed by atoms with Crippen molar-refractivity contribution in [1.82, 2.24) is 24.4 Å². The van der Waals surface area contributed by atoms with Gasteiger partial charge in [-0.1, -0.05) is 0 Å². The Morgan fingerprint density at radius 2 is 1.57 bits per heavy atom. The average Bonchev–Trinajstić information content (AvgIpc) is 3.21. The summed E-state index contributed by atoms with van der Waals surface area (Å²) in [4.78, 5) is 22.8. The van der Waals surface area contributed by atoms with Crippen LogP contribution in [0.3, 0.4) is 0 Å². The molecular formula is C26H23F6N7O. The van der Waals surface area contributed by atoms with Gasteiger partial charge in [-0.2, -0.15) is 26.3 Å². The number of alkyl halides is 6. The molecule has 1 aliphatic rings. The Bertz CT molecular complexity index is 1600. The van der Waals surface area contributed by atoms with E-state index >= 15 is 0 Å². The lowest BCUT2D eigenvalue weighted by atomic mass is 10.0. The normalized spacial score (nSPS) is 14.5. The van der Waals surface area contributed by atoms with Crippen LogP contribution in [0.4, 0.5) is 37.8 Å². The Kier molecular flexibility index (Phi) is 6.82. The second-order valence-electron chi connectivity index (χ2n) is 9.23. The molecule has 0 amide bonds. The zero-order valence-corrected chi connectivity index (χ0v) is 21.0. The van der Waals surface area contributed by atoms with E-state index in [0.717, 1.165) is 21.3 Å². The molecule has 0 saturated carbocycles. The highest BCUT2D eigenvalue weighted by Gasteiger charge is 2.37. The molecule has 1 fully saturated rings. The van der Waals surface area contributed by atoms with Crippen LogP contribution in [-0.4, -0.2) is 45.3 Å². The molecule has 210 valence electrons. The van der Waals surface area contributed by atoms with Gasteiger partial charge in [0, 0.05) is 63.1 Å². The van der Waals surface area contributed by atoms with Crippen molar-refractivity contribution in [3.8, 4) is 28.2 Å². The van der Waals surface area contributed by atoms with Crippen LogP contribution in [-0.2, 0) is 19.4 Å². The molecule has 3 N–H and O–H groups in total. The number of aromatic nitrogens is 4. The summed E-state index contributed by atoms with van der Waals surface area (Å²) in [6.07, 6.45) is -5.54. The monoisotopic (exact) mass is 563 g/mol. The Hall–Kier alpha value is -4.33. The fraction of sp³-hybridized carbons (Fsp3) is 0.269. The minimum atomic E-state index is -4.82. The van der Waals surface area contributed by atoms with Gasteiger partial charge in [-0.05, 0) is 42.0 Å². The number of imidazole rings is 1. The van der Waals surface area contributed by atoms with Crippen molar-refractivity contribution < 1.29 is 26.3 Å². The molecule has 0 radical (unpaired) electrons. The summed E-state index contributed by atoms with van der Waals surface area (Å²) in [6.45, 7) is 1.76. The van der Waals surface area contributed by atoms with Crippen LogP contribution in [0, 0.1) is 0 Å². The van der Waals surface area contributed by atoms with Gasteiger partial charge < -0.3 is 20.5 Å². The minimum absolute atomic E-state index is 0.0299. The maximum atomic E-state index is 14.2. The molecule has 0 spiro atoms. The molecule has 1 aromatic carbocycles. The average molecular weight is 564 g/mol. The van der Waals surface area contributed by atoms with Gasteiger partial charge in [0.15, 0.2) is 0 Å². The number of pyridine rings is 2. The van der Waals surface area contributed by atoms with Crippen molar-refractivity contribution >= 4 is 11.5 Å². The molecule has 1 aliphatic heterocycles. The number of aryl methyl sites for hydroxylation is 1. The first kappa shape index (κ1) is 27.2. The molecule has 0 atom stereocenters. The highest BCUT2D eigenvalue weighted by atomic mass is 19.4. The Balaban J connectivity index is 1.75. The number of anilines is 2. The largest absolute Gasteiger partial charge is 0.419 e. The van der Waals surface area contributed by atoms with E-state index in [1.54, 1.807) is 4.90 Å². The summed E-state index contributed by atoms with van der Waals surface area (Å²) < 4.78 is 86.0. The van der Waals surface area contributed by atoms with E-state index in [1.807, 2.05) is 0 Å². The highest BCUT2D eigenvalue weighted by molar-refractivity contribution is 5.82. The van der Waals surface area contributed by atoms with Crippen molar-refractivity contribution in [2.75, 3.05) is 36.8 Å². The van der Waals surface area contributed by atoms with Crippen molar-refractivity contribution in [3.63, 3.8) is 0 Å². The van der Waals surface area contributed by atoms with Gasteiger partial charge in [-0.15, -0.1) is 0 Å². The van der Waals surface area contributed by atoms with Gasteiger partial charge in [0.25, 0.3) is 0 Å². The lowest BCUT2D eigenvalue weighted by Gasteiger charge is -2.31. The SMILES string of the molecule is Cn1cc(-c2nc(N)c(C(F)(F)F)cc2-c2ccncc2)n(-c2ccc(N3CCNCC3)c(C(F)(F)F)c2)c1=O. The molecule has 3 aromatic heterocycles. The first-order chi connectivity index (χ1) is 18.9. The van der Waals surface area contributed by atoms with Crippen molar-refractivity contribution in [2.24, 2.45) is 7.05 Å². The van der Waals surface area contributed by atoms with Crippen LogP contribution in [0.2, 0.25) is 0 Å². The summed E-state index contributed by atoms with van der Waals surface area (Å²) in [6, 6.07) is 7.24. The quantitative estimate of drug-likeness (QED) is 0.359. The van der Waals surface area contributed by atoms with E-state index in [9.17, 15) is 31.1 Å². The van der Waals surface area contributed by atoms with Crippen molar-refractivity contribution in [2.45, 2.75) is 12.4 Å². The van der Waals surface area contributed by atoms with Gasteiger partial charge >= 0.3 is 18.0 Å². The van der Waals surface area contributed by atoms with E-state index < -0.39 is 35.0 Å². The summed E-state index contributed by atoms with van der Waals surface area (Å²) in [5.74, 6) is -0.840. The van der Waals surface area contributed by atoms with Crippen LogP contribution in [0.1, 0.15) is 11.1 Å². The van der Waals surface area contributed by atoms with Gasteiger partial charge in [0.2, 0.25) is 0 Å². The second kappa shape index (κ2) is 10.0. The first-order valence-electron chi connectivity index (χ1n) is 12.1. The van der Waals surface area contributed by atoms with E-state index in [4.69, 9.17) is 5.73 Å². The molecule has 8 nitrogen and oxygen atoms in total. The number of hydrogen-bond donors (Lipinski definition) is 2. The van der Waals surface area contributed by atoms with E-state index in [0.29, 0.717) is 26.2 Å². The lowest BCUT2D eigenvalue weighted by molar-refractivity contribution is -0.137. The molecule has 0 bridgehead atoms. The molecule has 0 aliphatic carbocycles. The van der Waals surface area contributed by atoms with Gasteiger partial charge in [0.05, 0.1) is 28.2 Å². The second-order valence-corrected chi connectivity index (χ2v) is 9.23. The number of nitrogens with two attached hydrogens (primary N) is 1. The number of halogens is 6. The predicted octanol–water partition coefficient (Wildman–Crippen LogP) is 4.33. The fourth-order valence-corrected chi connectivity index (χ4v) is 4.75. The molecule has 5 rings (SSSR count). The van der Waals surface area contributed by atoms with Crippen molar-refractivity contribution in [1.29, 1.82) is 0 Å². The smallest absolute Gasteiger partial charge is 0.383 e. The highest BCUT2D eigenvalue weighted by Crippen LogP contribution is 2.41. The Morgan fingerprint density at radius 3 is 2.20 bits per heavy atom. The topological polar surface area (TPSA) is 94.0 Å². The third kappa shape index (κ3) is 5.01. The number of piperazine rings is 1. The van der Waals surface area contributed by atoms with Crippen LogP contribution in [0.25, 0.3) is 28.2 Å². The summed E-state index contributed by atoms with van der Waals surface area (Å²) in [5.41, 5.74) is 2.80. The van der Waals surface area contributed by atoms with E-state index in [2.05, 4.69) is 15.3 Å². The molecule has 14 heteroatoms. The zero-order chi connectivity index (χ0) is 28.8. The van der Waals surface area contributed by atoms with Gasteiger partial charge in [-0.25, -0.2) is 9.78 Å². The molecule has 1 saturated heterocycles. The molecule has 0 unspecified atom stereocenters. The lowest BCUT2D eigenvalue weighted by Crippen LogP contribution is -2.44. The van der Waals surface area contributed by atoms with Gasteiger partial charge in [-0.3, -0.25) is 9.55 Å². The third-order valence-electron chi connectivity index (χ3n) is 6.64. The Morgan fingerprint density at radius 1 is 0.925 bits per heavy atom. The Labute approximate surface area is 223 Å². The predicted molar refractivity (Wildman–Crippen MR) is 137 cm³/mol. The number of nitrogen functional groups attached to an aromatic ring is 1. The van der Waals surface area contributed by atoms with Crippen LogP contribution in [0.15, 0.2) is 59.8 Å². The van der Waals surface area contributed by atoms with E-state index in [1.165, 1.54) is 49.9 Å². The van der Waals surface area contributed by atoms with Crippen LogP contribution < -0.4 is 21.6 Å².